The smallest absolute Gasteiger partial charge is 0.113 e. The lowest BCUT2D eigenvalue weighted by Gasteiger charge is -2.07. The van der Waals surface area contributed by atoms with Crippen molar-refractivity contribution in [1.29, 1.82) is 0 Å². The van der Waals surface area contributed by atoms with Crippen molar-refractivity contribution in [2.45, 2.75) is 38.8 Å². The van der Waals surface area contributed by atoms with Gasteiger partial charge >= 0.3 is 0 Å². The Kier molecular flexibility index (Phi) is 3.25. The number of hydrogen-bond acceptors (Lipinski definition) is 1. The summed E-state index contributed by atoms with van der Waals surface area (Å²) in [6.45, 7) is 5.31. The summed E-state index contributed by atoms with van der Waals surface area (Å²) in [6, 6.07) is 11.4. The van der Waals surface area contributed by atoms with Gasteiger partial charge < -0.3 is 5.11 Å². The van der Waals surface area contributed by atoms with Crippen molar-refractivity contribution in [3.8, 4) is 11.1 Å². The lowest BCUT2D eigenvalue weighted by Crippen LogP contribution is -2.19. The zero-order valence-corrected chi connectivity index (χ0v) is 16.0. The molecule has 0 saturated carbocycles. The van der Waals surface area contributed by atoms with Crippen LogP contribution in [0.5, 0.6) is 0 Å². The molecule has 1 aliphatic heterocycles. The number of allylic oxidation sites excluding steroid dienone is 4. The largest absolute Gasteiger partial charge is 0.396 e. The summed E-state index contributed by atoms with van der Waals surface area (Å²) < 4.78 is 0. The van der Waals surface area contributed by atoms with E-state index in [1.54, 1.807) is 15.9 Å². The Bertz CT molecular complexity index is 962. The third-order valence-corrected chi connectivity index (χ3v) is 9.53. The molecule has 0 radical (unpaired) electrons. The number of fused-ring (bicyclic) bond motifs is 5. The third-order valence-electron chi connectivity index (χ3n) is 6.21. The van der Waals surface area contributed by atoms with Crippen molar-refractivity contribution < 1.29 is 5.11 Å². The van der Waals surface area contributed by atoms with Gasteiger partial charge in [0.25, 0.3) is 0 Å². The molecule has 0 bridgehead atoms. The van der Waals surface area contributed by atoms with Crippen LogP contribution in [0.4, 0.5) is 0 Å². The molecule has 2 heteroatoms. The maximum atomic E-state index is 9.09. The fraction of sp³-hybridized carbons (Fsp3) is 0.304. The third kappa shape index (κ3) is 2.17. The van der Waals surface area contributed by atoms with Crippen LogP contribution in [0.25, 0.3) is 16.7 Å². The van der Waals surface area contributed by atoms with Gasteiger partial charge in [0.1, 0.15) is 8.07 Å². The van der Waals surface area contributed by atoms with Crippen LogP contribution in [-0.4, -0.2) is 19.8 Å². The number of aliphatic hydroxyl groups is 1. The van der Waals surface area contributed by atoms with E-state index < -0.39 is 8.07 Å². The highest BCUT2D eigenvalue weighted by Gasteiger charge is 2.50. The maximum Gasteiger partial charge on any atom is 0.113 e. The molecule has 0 unspecified atom stereocenters. The minimum Gasteiger partial charge on any atom is -0.396 e. The van der Waals surface area contributed by atoms with Gasteiger partial charge in [-0.2, -0.15) is 0 Å². The molecule has 2 aromatic rings. The molecule has 0 saturated heterocycles. The Hall–Kier alpha value is -1.90. The molecule has 2 aromatic carbocycles. The van der Waals surface area contributed by atoms with Gasteiger partial charge in [0.15, 0.2) is 0 Å². The average molecular weight is 345 g/mol. The first-order valence-electron chi connectivity index (χ1n) is 9.41. The van der Waals surface area contributed by atoms with Gasteiger partial charge in [-0.15, -0.1) is 0 Å². The summed E-state index contributed by atoms with van der Waals surface area (Å²) >= 11 is 0. The van der Waals surface area contributed by atoms with E-state index in [-0.39, 0.29) is 6.61 Å². The maximum absolute atomic E-state index is 9.09. The summed E-state index contributed by atoms with van der Waals surface area (Å²) in [5.41, 5.74) is 10.5. The number of rotatable bonds is 4. The van der Waals surface area contributed by atoms with E-state index in [1.807, 2.05) is 0 Å². The Morgan fingerprint density at radius 3 is 2.72 bits per heavy atom. The zero-order chi connectivity index (χ0) is 17.2. The number of hydrogen-bond donors (Lipinski definition) is 1. The van der Waals surface area contributed by atoms with E-state index in [0.29, 0.717) is 0 Å². The van der Waals surface area contributed by atoms with E-state index in [0.717, 1.165) is 25.7 Å². The zero-order valence-electron chi connectivity index (χ0n) is 15.0. The van der Waals surface area contributed by atoms with Crippen LogP contribution in [0.2, 0.25) is 13.1 Å². The topological polar surface area (TPSA) is 20.2 Å². The second-order valence-electron chi connectivity index (χ2n) is 8.14. The minimum absolute atomic E-state index is 0.283. The molecular weight excluding hydrogens is 320 g/mol. The SMILES string of the molecule is C[Si]1(C)c2c(C3=CC(CCCO)=CC3)cc3c(c21)Cc1ccccc1-3. The molecule has 5 rings (SSSR count). The second-order valence-corrected chi connectivity index (χ2v) is 12.4. The van der Waals surface area contributed by atoms with E-state index in [4.69, 9.17) is 5.11 Å². The van der Waals surface area contributed by atoms with Crippen LogP contribution in [0.1, 0.15) is 36.0 Å². The molecule has 126 valence electrons. The lowest BCUT2D eigenvalue weighted by atomic mass is 9.98. The molecule has 0 spiro atoms. The van der Waals surface area contributed by atoms with E-state index in [9.17, 15) is 0 Å². The molecule has 25 heavy (non-hydrogen) atoms. The van der Waals surface area contributed by atoms with E-state index in [2.05, 4.69) is 55.6 Å². The molecule has 2 aliphatic carbocycles. The fourth-order valence-electron chi connectivity index (χ4n) is 4.94. The summed E-state index contributed by atoms with van der Waals surface area (Å²) in [4.78, 5) is 0. The summed E-state index contributed by atoms with van der Waals surface area (Å²) in [5, 5.41) is 12.5. The predicted molar refractivity (Wildman–Crippen MR) is 108 cm³/mol. The number of benzene rings is 2. The van der Waals surface area contributed by atoms with Gasteiger partial charge in [-0.1, -0.05) is 60.3 Å². The van der Waals surface area contributed by atoms with Crippen molar-refractivity contribution in [1.82, 2.24) is 0 Å². The molecule has 1 heterocycles. The predicted octanol–water partition coefficient (Wildman–Crippen LogP) is 3.88. The quantitative estimate of drug-likeness (QED) is 0.712. The molecule has 1 N–H and O–H groups in total. The molecule has 0 aromatic heterocycles. The first-order valence-corrected chi connectivity index (χ1v) is 12.4. The van der Waals surface area contributed by atoms with Crippen molar-refractivity contribution >= 4 is 24.0 Å². The highest BCUT2D eigenvalue weighted by atomic mass is 28.3. The van der Waals surface area contributed by atoms with Gasteiger partial charge in [0.2, 0.25) is 0 Å². The standard InChI is InChI=1S/C23H24OSi/c1-25(2)22-19(17-10-9-15(12-17)6-5-11-24)14-20-18-8-4-3-7-16(18)13-21(20)23(22)25/h3-4,7-9,12,14,24H,5-6,10-11,13H2,1-2H3. The first-order chi connectivity index (χ1) is 12.1. The summed E-state index contributed by atoms with van der Waals surface area (Å²) in [6.07, 6.45) is 8.79. The van der Waals surface area contributed by atoms with Crippen molar-refractivity contribution in [3.05, 3.63) is 64.7 Å². The Balaban J connectivity index is 1.61. The number of aliphatic hydroxyl groups excluding tert-OH is 1. The normalized spacial score (nSPS) is 18.4. The molecule has 3 aliphatic rings. The van der Waals surface area contributed by atoms with E-state index >= 15 is 0 Å². The molecule has 0 amide bonds. The molecule has 1 nitrogen and oxygen atoms in total. The van der Waals surface area contributed by atoms with Gasteiger partial charge in [0, 0.05) is 6.61 Å². The van der Waals surface area contributed by atoms with Crippen molar-refractivity contribution in [3.63, 3.8) is 0 Å². The monoisotopic (exact) mass is 344 g/mol. The minimum atomic E-state index is -1.36. The Morgan fingerprint density at radius 1 is 1.04 bits per heavy atom. The van der Waals surface area contributed by atoms with Crippen LogP contribution in [0.3, 0.4) is 0 Å². The summed E-state index contributed by atoms with van der Waals surface area (Å²) in [7, 11) is -1.36. The molecule has 0 fully saturated rings. The van der Waals surface area contributed by atoms with E-state index in [1.165, 1.54) is 33.4 Å². The van der Waals surface area contributed by atoms with Crippen LogP contribution >= 0.6 is 0 Å². The average Bonchev–Trinajstić information content (AvgIpc) is 2.99. The van der Waals surface area contributed by atoms with Gasteiger partial charge in [-0.25, -0.2) is 0 Å². The highest BCUT2D eigenvalue weighted by Crippen LogP contribution is 2.42. The van der Waals surface area contributed by atoms with Gasteiger partial charge in [-0.3, -0.25) is 0 Å². The Labute approximate surface area is 150 Å². The summed E-state index contributed by atoms with van der Waals surface area (Å²) in [5.74, 6) is 0. The van der Waals surface area contributed by atoms with Gasteiger partial charge in [0.05, 0.1) is 0 Å². The highest BCUT2D eigenvalue weighted by molar-refractivity contribution is 7.16. The van der Waals surface area contributed by atoms with Crippen molar-refractivity contribution in [2.75, 3.05) is 6.61 Å². The van der Waals surface area contributed by atoms with Crippen LogP contribution in [0, 0.1) is 0 Å². The van der Waals surface area contributed by atoms with Crippen LogP contribution in [0.15, 0.2) is 48.1 Å². The fourth-order valence-corrected chi connectivity index (χ4v) is 8.80. The Morgan fingerprint density at radius 2 is 1.88 bits per heavy atom. The van der Waals surface area contributed by atoms with Crippen LogP contribution in [-0.2, 0) is 6.42 Å². The second kappa shape index (κ2) is 5.30. The first kappa shape index (κ1) is 15.4. The van der Waals surface area contributed by atoms with Crippen LogP contribution < -0.4 is 10.4 Å². The lowest BCUT2D eigenvalue weighted by molar-refractivity contribution is 0.289. The molecule has 0 atom stereocenters. The van der Waals surface area contributed by atoms with Crippen molar-refractivity contribution in [2.24, 2.45) is 0 Å². The molecular formula is C23H24OSi. The van der Waals surface area contributed by atoms with Gasteiger partial charge in [-0.05, 0) is 70.3 Å².